The zero-order valence-electron chi connectivity index (χ0n) is 14.9. The summed E-state index contributed by atoms with van der Waals surface area (Å²) in [6.07, 6.45) is 1.61. The van der Waals surface area contributed by atoms with Gasteiger partial charge in [0, 0.05) is 5.56 Å². The Kier molecular flexibility index (Phi) is 5.35. The summed E-state index contributed by atoms with van der Waals surface area (Å²) < 4.78 is 10.8. The zero-order chi connectivity index (χ0) is 17.8. The van der Waals surface area contributed by atoms with E-state index in [1.165, 1.54) is 10.5 Å². The highest BCUT2D eigenvalue weighted by atomic mass is 32.1. The molecule has 0 aliphatic heterocycles. The molecule has 0 fully saturated rings. The first kappa shape index (κ1) is 17.4. The average molecular weight is 359 g/mol. The number of nitrogens with zero attached hydrogens (tertiary/aromatic N) is 2. The van der Waals surface area contributed by atoms with Crippen molar-refractivity contribution in [2.45, 2.75) is 6.04 Å². The van der Waals surface area contributed by atoms with Gasteiger partial charge in [0.1, 0.15) is 23.0 Å². The number of quaternary nitrogens is 1. The summed E-state index contributed by atoms with van der Waals surface area (Å²) in [5.74, 6) is 2.36. The van der Waals surface area contributed by atoms with Crippen LogP contribution in [0.25, 0.3) is 10.2 Å². The molecule has 3 rings (SSSR count). The molecular formula is C18H23N4O2S+. The molecule has 6 nitrogen and oxygen atoms in total. The monoisotopic (exact) mass is 359 g/mol. The van der Waals surface area contributed by atoms with E-state index in [0.29, 0.717) is 0 Å². The van der Waals surface area contributed by atoms with Crippen LogP contribution in [0.3, 0.4) is 0 Å². The summed E-state index contributed by atoms with van der Waals surface area (Å²) in [5, 5.41) is 6.58. The second kappa shape index (κ2) is 7.67. The van der Waals surface area contributed by atoms with E-state index in [1.807, 2.05) is 17.5 Å². The Morgan fingerprint density at radius 1 is 1.12 bits per heavy atom. The maximum atomic E-state index is 5.44. The lowest BCUT2D eigenvalue weighted by molar-refractivity contribution is -0.890. The summed E-state index contributed by atoms with van der Waals surface area (Å²) in [6.45, 7) is 0.750. The molecule has 0 amide bonds. The first-order chi connectivity index (χ1) is 12.1. The summed E-state index contributed by atoms with van der Waals surface area (Å²) in [5.41, 5.74) is 1.18. The van der Waals surface area contributed by atoms with Crippen LogP contribution in [0.4, 0.5) is 5.82 Å². The Bertz CT molecular complexity index is 850. The molecule has 1 atom stereocenters. The Labute approximate surface area is 151 Å². The van der Waals surface area contributed by atoms with E-state index < -0.39 is 0 Å². The molecule has 0 aliphatic carbocycles. The number of likely N-dealkylation sites (N-methyl/N-ethyl adjacent to an activating group) is 1. The van der Waals surface area contributed by atoms with E-state index in [1.54, 1.807) is 31.9 Å². The van der Waals surface area contributed by atoms with Gasteiger partial charge in [-0.15, -0.1) is 11.3 Å². The standard InChI is InChI=1S/C18H22N4O2S/c1-22(2)14(12-5-6-15(23-3)16(9-12)24-4)10-19-17-13-7-8-25-18(13)21-11-20-17/h5-9,11,14H,10H2,1-4H3,(H,19,20,21)/p+1/t14-/m0/s1. The number of anilines is 1. The first-order valence-electron chi connectivity index (χ1n) is 8.08. The lowest BCUT2D eigenvalue weighted by Gasteiger charge is -2.23. The largest absolute Gasteiger partial charge is 0.493 e. The van der Waals surface area contributed by atoms with E-state index >= 15 is 0 Å². The van der Waals surface area contributed by atoms with Crippen molar-refractivity contribution in [3.05, 3.63) is 41.5 Å². The fraction of sp³-hybridized carbons (Fsp3) is 0.333. The molecule has 2 heterocycles. The maximum absolute atomic E-state index is 5.44. The Morgan fingerprint density at radius 3 is 2.64 bits per heavy atom. The minimum Gasteiger partial charge on any atom is -0.493 e. The molecular weight excluding hydrogens is 336 g/mol. The van der Waals surface area contributed by atoms with Gasteiger partial charge >= 0.3 is 0 Å². The Balaban J connectivity index is 1.83. The van der Waals surface area contributed by atoms with Crippen LogP contribution >= 0.6 is 11.3 Å². The van der Waals surface area contributed by atoms with E-state index in [0.717, 1.165) is 34.1 Å². The van der Waals surface area contributed by atoms with Crippen molar-refractivity contribution in [2.75, 3.05) is 40.2 Å². The van der Waals surface area contributed by atoms with Crippen molar-refractivity contribution in [1.29, 1.82) is 0 Å². The number of ether oxygens (including phenoxy) is 2. The molecule has 0 saturated carbocycles. The number of nitrogens with one attached hydrogen (secondary N) is 2. The fourth-order valence-corrected chi connectivity index (χ4v) is 3.59. The number of rotatable bonds is 7. The predicted octanol–water partition coefficient (Wildman–Crippen LogP) is 2.01. The van der Waals surface area contributed by atoms with Crippen molar-refractivity contribution in [1.82, 2.24) is 9.97 Å². The second-order valence-electron chi connectivity index (χ2n) is 5.99. The number of fused-ring (bicyclic) bond motifs is 1. The van der Waals surface area contributed by atoms with Crippen LogP contribution in [0.2, 0.25) is 0 Å². The molecule has 132 valence electrons. The number of hydrogen-bond acceptors (Lipinski definition) is 6. The number of methoxy groups -OCH3 is 2. The van der Waals surface area contributed by atoms with Gasteiger partial charge in [-0.25, -0.2) is 9.97 Å². The van der Waals surface area contributed by atoms with Gasteiger partial charge in [-0.3, -0.25) is 0 Å². The minimum atomic E-state index is 0.239. The van der Waals surface area contributed by atoms with Crippen LogP contribution in [0.5, 0.6) is 11.5 Å². The van der Waals surface area contributed by atoms with Gasteiger partial charge in [0.25, 0.3) is 0 Å². The Morgan fingerprint density at radius 2 is 1.92 bits per heavy atom. The normalized spacial score (nSPS) is 12.4. The van der Waals surface area contributed by atoms with Crippen LogP contribution in [-0.2, 0) is 0 Å². The molecule has 7 heteroatoms. The summed E-state index contributed by atoms with van der Waals surface area (Å²) >= 11 is 1.62. The number of benzene rings is 1. The smallest absolute Gasteiger partial charge is 0.161 e. The van der Waals surface area contributed by atoms with E-state index in [2.05, 4.69) is 41.5 Å². The number of hydrogen-bond donors (Lipinski definition) is 2. The van der Waals surface area contributed by atoms with Gasteiger partial charge < -0.3 is 19.7 Å². The van der Waals surface area contributed by atoms with Gasteiger partial charge in [-0.2, -0.15) is 0 Å². The van der Waals surface area contributed by atoms with Crippen LogP contribution in [0, 0.1) is 0 Å². The third-order valence-electron chi connectivity index (χ3n) is 4.24. The molecule has 0 unspecified atom stereocenters. The van der Waals surface area contributed by atoms with Crippen LogP contribution in [-0.4, -0.2) is 44.8 Å². The topological polar surface area (TPSA) is 60.7 Å². The summed E-state index contributed by atoms with van der Waals surface area (Å²) in [6, 6.07) is 8.37. The highest BCUT2D eigenvalue weighted by Crippen LogP contribution is 2.30. The fourth-order valence-electron chi connectivity index (χ4n) is 2.85. The first-order valence-corrected chi connectivity index (χ1v) is 8.96. The molecule has 0 bridgehead atoms. The summed E-state index contributed by atoms with van der Waals surface area (Å²) in [4.78, 5) is 11.0. The number of thiophene rings is 1. The maximum Gasteiger partial charge on any atom is 0.161 e. The molecule has 3 aromatic rings. The third kappa shape index (κ3) is 3.67. The quantitative estimate of drug-likeness (QED) is 0.676. The second-order valence-corrected chi connectivity index (χ2v) is 6.88. The molecule has 0 spiro atoms. The molecule has 0 radical (unpaired) electrons. The molecule has 0 aliphatic rings. The van der Waals surface area contributed by atoms with Crippen LogP contribution < -0.4 is 19.7 Å². The minimum absolute atomic E-state index is 0.239. The molecule has 0 saturated heterocycles. The molecule has 25 heavy (non-hydrogen) atoms. The molecule has 2 aromatic heterocycles. The SMILES string of the molecule is COc1ccc([C@H](CNc2ncnc3sccc23)[NH+](C)C)cc1OC. The van der Waals surface area contributed by atoms with E-state index in [-0.39, 0.29) is 6.04 Å². The highest BCUT2D eigenvalue weighted by molar-refractivity contribution is 7.16. The average Bonchev–Trinajstić information content (AvgIpc) is 3.11. The van der Waals surface area contributed by atoms with E-state index in [4.69, 9.17) is 9.47 Å². The van der Waals surface area contributed by atoms with Crippen molar-refractivity contribution < 1.29 is 14.4 Å². The van der Waals surface area contributed by atoms with Gasteiger partial charge in [-0.1, -0.05) is 0 Å². The Hall–Kier alpha value is -2.38. The van der Waals surface area contributed by atoms with Gasteiger partial charge in [-0.05, 0) is 29.6 Å². The van der Waals surface area contributed by atoms with E-state index in [9.17, 15) is 0 Å². The lowest BCUT2D eigenvalue weighted by Crippen LogP contribution is -3.06. The lowest BCUT2D eigenvalue weighted by atomic mass is 10.0. The van der Waals surface area contributed by atoms with Crippen LogP contribution in [0.15, 0.2) is 36.0 Å². The predicted molar refractivity (Wildman–Crippen MR) is 101 cm³/mol. The number of aromatic nitrogens is 2. The highest BCUT2D eigenvalue weighted by Gasteiger charge is 2.20. The van der Waals surface area contributed by atoms with Crippen LogP contribution in [0.1, 0.15) is 11.6 Å². The molecule has 2 N–H and O–H groups in total. The van der Waals surface area contributed by atoms with Gasteiger partial charge in [0.2, 0.25) is 0 Å². The van der Waals surface area contributed by atoms with Crippen molar-refractivity contribution in [2.24, 2.45) is 0 Å². The third-order valence-corrected chi connectivity index (χ3v) is 5.06. The van der Waals surface area contributed by atoms with Gasteiger partial charge in [0.05, 0.1) is 40.2 Å². The van der Waals surface area contributed by atoms with Crippen molar-refractivity contribution in [3.8, 4) is 11.5 Å². The molecule has 1 aromatic carbocycles. The van der Waals surface area contributed by atoms with Crippen molar-refractivity contribution in [3.63, 3.8) is 0 Å². The zero-order valence-corrected chi connectivity index (χ0v) is 15.7. The van der Waals surface area contributed by atoms with Gasteiger partial charge in [0.15, 0.2) is 11.5 Å². The van der Waals surface area contributed by atoms with Crippen molar-refractivity contribution >= 4 is 27.4 Å². The summed E-state index contributed by atoms with van der Waals surface area (Å²) in [7, 11) is 7.59.